The molecule has 0 aromatic carbocycles. The van der Waals surface area contributed by atoms with E-state index >= 15 is 0 Å². The summed E-state index contributed by atoms with van der Waals surface area (Å²) in [6.07, 6.45) is 2.15. The van der Waals surface area contributed by atoms with Gasteiger partial charge in [0.2, 0.25) is 5.28 Å². The van der Waals surface area contributed by atoms with Crippen molar-refractivity contribution in [3.05, 3.63) is 26.1 Å². The molecule has 0 amide bonds. The van der Waals surface area contributed by atoms with Gasteiger partial charge in [-0.25, -0.2) is 4.79 Å². The first-order valence-electron chi connectivity index (χ1n) is 7.45. The third-order valence-corrected chi connectivity index (χ3v) is 3.74. The number of nitrogens with one attached hydrogen (secondary N) is 1. The Balaban J connectivity index is 2.45. The number of imidazole rings is 1. The van der Waals surface area contributed by atoms with E-state index in [2.05, 4.69) is 14.7 Å². The molecule has 1 N–H and O–H groups in total. The first-order chi connectivity index (χ1) is 11.0. The zero-order chi connectivity index (χ0) is 17.0. The van der Waals surface area contributed by atoms with E-state index in [-0.39, 0.29) is 35.4 Å². The normalized spacial score (nSPS) is 11.1. The number of carbonyl (C=O) groups is 1. The maximum absolute atomic E-state index is 12.6. The van der Waals surface area contributed by atoms with Gasteiger partial charge in [0, 0.05) is 19.5 Å². The molecule has 0 unspecified atom stereocenters. The van der Waals surface area contributed by atoms with Gasteiger partial charge >= 0.3 is 11.7 Å². The molecule has 0 fully saturated rings. The van der Waals surface area contributed by atoms with Crippen LogP contribution in [-0.2, 0) is 22.6 Å². The summed E-state index contributed by atoms with van der Waals surface area (Å²) in [5.41, 5.74) is -0.461. The lowest BCUT2D eigenvalue weighted by molar-refractivity contribution is -0.140. The van der Waals surface area contributed by atoms with Gasteiger partial charge in [-0.2, -0.15) is 4.98 Å². The van der Waals surface area contributed by atoms with Crippen molar-refractivity contribution < 1.29 is 9.53 Å². The van der Waals surface area contributed by atoms with E-state index in [1.807, 2.05) is 6.92 Å². The van der Waals surface area contributed by atoms with E-state index in [0.29, 0.717) is 13.0 Å². The van der Waals surface area contributed by atoms with Gasteiger partial charge < -0.3 is 9.72 Å². The minimum Gasteiger partial charge on any atom is -0.469 e. The molecule has 2 aromatic rings. The van der Waals surface area contributed by atoms with E-state index < -0.39 is 11.2 Å². The van der Waals surface area contributed by atoms with E-state index in [1.54, 1.807) is 0 Å². The van der Waals surface area contributed by atoms with E-state index in [9.17, 15) is 14.4 Å². The molecule has 0 radical (unpaired) electrons. The number of esters is 1. The second kappa shape index (κ2) is 7.45. The highest BCUT2D eigenvalue weighted by Crippen LogP contribution is 2.10. The number of aromatic amines is 1. The van der Waals surface area contributed by atoms with Gasteiger partial charge in [0.1, 0.15) is 0 Å². The fraction of sp³-hybridized carbons (Fsp3) is 0.571. The molecule has 23 heavy (non-hydrogen) atoms. The lowest BCUT2D eigenvalue weighted by atomic mass is 10.3. The molecular weight excluding hydrogens is 324 g/mol. The van der Waals surface area contributed by atoms with E-state index in [4.69, 9.17) is 11.6 Å². The molecule has 0 aliphatic carbocycles. The molecule has 2 aromatic heterocycles. The van der Waals surface area contributed by atoms with Crippen molar-refractivity contribution in [2.75, 3.05) is 7.11 Å². The highest BCUT2D eigenvalue weighted by molar-refractivity contribution is 6.28. The Bertz CT molecular complexity index is 821. The van der Waals surface area contributed by atoms with Crippen molar-refractivity contribution >= 4 is 28.7 Å². The number of nitrogens with zero attached hydrogens (tertiary/aromatic N) is 3. The Labute approximate surface area is 137 Å². The van der Waals surface area contributed by atoms with Gasteiger partial charge in [0.25, 0.3) is 5.56 Å². The topological polar surface area (TPSA) is 99.0 Å². The van der Waals surface area contributed by atoms with Crippen LogP contribution in [0.15, 0.2) is 9.59 Å². The zero-order valence-electron chi connectivity index (χ0n) is 13.1. The van der Waals surface area contributed by atoms with Crippen LogP contribution in [0.3, 0.4) is 0 Å². The van der Waals surface area contributed by atoms with Gasteiger partial charge in [-0.1, -0.05) is 13.3 Å². The average Bonchev–Trinajstić information content (AvgIpc) is 2.92. The van der Waals surface area contributed by atoms with Gasteiger partial charge in [0.15, 0.2) is 11.2 Å². The van der Waals surface area contributed by atoms with E-state index in [1.165, 1.54) is 11.7 Å². The summed E-state index contributed by atoms with van der Waals surface area (Å²) < 4.78 is 7.11. The Hall–Kier alpha value is -2.09. The van der Waals surface area contributed by atoms with Crippen molar-refractivity contribution in [1.82, 2.24) is 19.1 Å². The van der Waals surface area contributed by atoms with Crippen LogP contribution in [0.4, 0.5) is 0 Å². The Kier molecular flexibility index (Phi) is 5.59. The standard InChI is InChI=1S/C14H19ClN4O4/c1-3-4-7-18-11-10(16-13(15)17-11)12(21)19(14(18)22)8-5-6-9(20)23-2/h3-8H2,1-2H3,(H,16,17). The average molecular weight is 343 g/mol. The lowest BCUT2D eigenvalue weighted by Crippen LogP contribution is -2.40. The largest absolute Gasteiger partial charge is 0.469 e. The fourth-order valence-electron chi connectivity index (χ4n) is 2.34. The summed E-state index contributed by atoms with van der Waals surface area (Å²) >= 11 is 5.84. The summed E-state index contributed by atoms with van der Waals surface area (Å²) in [6, 6.07) is 0. The van der Waals surface area contributed by atoms with Crippen LogP contribution >= 0.6 is 11.6 Å². The first kappa shape index (κ1) is 17.3. The summed E-state index contributed by atoms with van der Waals surface area (Å²) in [5.74, 6) is -0.380. The Morgan fingerprint density at radius 1 is 1.26 bits per heavy atom. The summed E-state index contributed by atoms with van der Waals surface area (Å²) in [6.45, 7) is 2.59. The second-order valence-corrected chi connectivity index (χ2v) is 5.51. The van der Waals surface area contributed by atoms with Crippen molar-refractivity contribution in [3.8, 4) is 0 Å². The third kappa shape index (κ3) is 3.64. The number of methoxy groups -OCH3 is 1. The summed E-state index contributed by atoms with van der Waals surface area (Å²) in [7, 11) is 1.30. The van der Waals surface area contributed by atoms with Crippen molar-refractivity contribution in [1.29, 1.82) is 0 Å². The number of aromatic nitrogens is 4. The molecule has 2 heterocycles. The number of rotatable bonds is 7. The smallest absolute Gasteiger partial charge is 0.332 e. The fourth-order valence-corrected chi connectivity index (χ4v) is 2.51. The molecule has 2 rings (SSSR count). The maximum atomic E-state index is 12.6. The highest BCUT2D eigenvalue weighted by Gasteiger charge is 2.16. The quantitative estimate of drug-likeness (QED) is 0.604. The maximum Gasteiger partial charge on any atom is 0.332 e. The predicted molar refractivity (Wildman–Crippen MR) is 85.8 cm³/mol. The molecule has 0 aliphatic rings. The molecule has 0 saturated heterocycles. The van der Waals surface area contributed by atoms with Crippen LogP contribution in [0.1, 0.15) is 32.6 Å². The Morgan fingerprint density at radius 3 is 2.61 bits per heavy atom. The number of H-pyrrole nitrogens is 1. The molecule has 9 heteroatoms. The molecule has 0 aliphatic heterocycles. The second-order valence-electron chi connectivity index (χ2n) is 5.15. The van der Waals surface area contributed by atoms with Gasteiger partial charge in [0.05, 0.1) is 7.11 Å². The number of hydrogen-bond donors (Lipinski definition) is 1. The number of halogens is 1. The third-order valence-electron chi connectivity index (χ3n) is 3.56. The van der Waals surface area contributed by atoms with Crippen molar-refractivity contribution in [3.63, 3.8) is 0 Å². The zero-order valence-corrected chi connectivity index (χ0v) is 13.9. The van der Waals surface area contributed by atoms with E-state index in [0.717, 1.165) is 17.4 Å². The lowest BCUT2D eigenvalue weighted by Gasteiger charge is -2.10. The molecule has 0 atom stereocenters. The van der Waals surface area contributed by atoms with Crippen LogP contribution in [0.2, 0.25) is 5.28 Å². The monoisotopic (exact) mass is 342 g/mol. The number of fused-ring (bicyclic) bond motifs is 1. The SMILES string of the molecule is CCCCn1c(=O)n(CCCC(=O)OC)c(=O)c2[nH]c(Cl)nc21. The highest BCUT2D eigenvalue weighted by atomic mass is 35.5. The van der Waals surface area contributed by atoms with Gasteiger partial charge in [-0.15, -0.1) is 0 Å². The van der Waals surface area contributed by atoms with Gasteiger partial charge in [-0.3, -0.25) is 18.7 Å². The van der Waals surface area contributed by atoms with Crippen LogP contribution in [0.5, 0.6) is 0 Å². The number of ether oxygens (including phenoxy) is 1. The number of hydrogen-bond acceptors (Lipinski definition) is 5. The summed E-state index contributed by atoms with van der Waals surface area (Å²) in [5, 5.41) is 0.0639. The number of aryl methyl sites for hydroxylation is 1. The molecule has 0 spiro atoms. The Morgan fingerprint density at radius 2 is 1.96 bits per heavy atom. The first-order valence-corrected chi connectivity index (χ1v) is 7.83. The van der Waals surface area contributed by atoms with Crippen molar-refractivity contribution in [2.24, 2.45) is 0 Å². The van der Waals surface area contributed by atoms with Crippen LogP contribution in [0.25, 0.3) is 11.2 Å². The van der Waals surface area contributed by atoms with Crippen LogP contribution in [-0.4, -0.2) is 32.2 Å². The minimum absolute atomic E-state index is 0.0639. The minimum atomic E-state index is -0.484. The van der Waals surface area contributed by atoms with Crippen LogP contribution in [0, 0.1) is 0 Å². The summed E-state index contributed by atoms with van der Waals surface area (Å²) in [4.78, 5) is 42.9. The van der Waals surface area contributed by atoms with Gasteiger partial charge in [-0.05, 0) is 24.4 Å². The molecule has 0 bridgehead atoms. The number of carbonyl (C=O) groups excluding carboxylic acids is 1. The predicted octanol–water partition coefficient (Wildman–Crippen LogP) is 1.29. The molecule has 126 valence electrons. The number of unbranched alkanes of at least 4 members (excludes halogenated alkanes) is 1. The van der Waals surface area contributed by atoms with Crippen LogP contribution < -0.4 is 11.2 Å². The molecule has 8 nitrogen and oxygen atoms in total. The van der Waals surface area contributed by atoms with Crippen molar-refractivity contribution in [2.45, 2.75) is 45.7 Å². The molecular formula is C14H19ClN4O4. The molecule has 0 saturated carbocycles.